The normalized spacial score (nSPS) is 10.3. The largest absolute Gasteiger partial charge is 0.481 e. The van der Waals surface area contributed by atoms with Gasteiger partial charge in [0.15, 0.2) is 0 Å². The van der Waals surface area contributed by atoms with E-state index in [1.165, 1.54) is 12.1 Å². The van der Waals surface area contributed by atoms with Gasteiger partial charge in [0, 0.05) is 29.6 Å². The van der Waals surface area contributed by atoms with Crippen molar-refractivity contribution in [2.75, 3.05) is 12.4 Å². The van der Waals surface area contributed by atoms with Crippen LogP contribution in [0.1, 0.15) is 16.1 Å². The number of methoxy groups -OCH3 is 1. The number of rotatable bonds is 4. The van der Waals surface area contributed by atoms with Gasteiger partial charge in [0.25, 0.3) is 11.5 Å². The Morgan fingerprint density at radius 1 is 1.12 bits per heavy atom. The number of hydrogen-bond donors (Lipinski definition) is 2. The van der Waals surface area contributed by atoms with E-state index in [2.05, 4.69) is 20.5 Å². The number of aromatic nitrogens is 3. The van der Waals surface area contributed by atoms with Gasteiger partial charge in [0.1, 0.15) is 5.69 Å². The summed E-state index contributed by atoms with van der Waals surface area (Å²) >= 11 is 0. The van der Waals surface area contributed by atoms with E-state index in [4.69, 9.17) is 4.74 Å². The number of hydrogen-bond acceptors (Lipinski definition) is 5. The number of H-pyrrole nitrogens is 1. The Bertz CT molecular complexity index is 944. The van der Waals surface area contributed by atoms with Gasteiger partial charge in [0.05, 0.1) is 7.11 Å². The molecule has 1 amide bonds. The molecule has 0 saturated carbocycles. The lowest BCUT2D eigenvalue weighted by molar-refractivity contribution is 0.102. The lowest BCUT2D eigenvalue weighted by Crippen LogP contribution is -2.18. The third-order valence-electron chi connectivity index (χ3n) is 3.68. The van der Waals surface area contributed by atoms with E-state index in [0.717, 1.165) is 16.7 Å². The highest BCUT2D eigenvalue weighted by atomic mass is 16.5. The minimum absolute atomic E-state index is 0.135. The lowest BCUT2D eigenvalue weighted by atomic mass is 10.0. The van der Waals surface area contributed by atoms with Gasteiger partial charge in [-0.3, -0.25) is 9.59 Å². The molecule has 2 N–H and O–H groups in total. The molecule has 25 heavy (non-hydrogen) atoms. The molecule has 0 radical (unpaired) electrons. The van der Waals surface area contributed by atoms with Crippen LogP contribution < -0.4 is 15.6 Å². The number of aromatic amines is 1. The standard InChI is InChI=1S/C18H16N4O3/c1-11-3-4-12(13-5-8-17(25-2)19-10-13)9-15(11)20-18(24)14-6-7-16(23)22-21-14/h3-10H,1-2H3,(H,20,24)(H,22,23). The number of carbonyl (C=O) groups is 1. The van der Waals surface area contributed by atoms with Crippen LogP contribution in [0, 0.1) is 6.92 Å². The molecule has 0 aliphatic rings. The summed E-state index contributed by atoms with van der Waals surface area (Å²) in [5, 5.41) is 8.78. The SMILES string of the molecule is COc1ccc(-c2ccc(C)c(NC(=O)c3ccc(=O)[nH]n3)c2)cn1. The van der Waals surface area contributed by atoms with E-state index in [0.29, 0.717) is 11.6 Å². The van der Waals surface area contributed by atoms with Gasteiger partial charge < -0.3 is 10.1 Å². The van der Waals surface area contributed by atoms with Crippen molar-refractivity contribution >= 4 is 11.6 Å². The number of nitrogens with zero attached hydrogens (tertiary/aromatic N) is 2. The van der Waals surface area contributed by atoms with Gasteiger partial charge in [0.2, 0.25) is 5.88 Å². The van der Waals surface area contributed by atoms with Gasteiger partial charge in [-0.1, -0.05) is 12.1 Å². The lowest BCUT2D eigenvalue weighted by Gasteiger charge is -2.10. The molecule has 2 heterocycles. The molecular weight excluding hydrogens is 320 g/mol. The van der Waals surface area contributed by atoms with Gasteiger partial charge in [-0.25, -0.2) is 10.1 Å². The molecule has 126 valence electrons. The molecule has 0 saturated heterocycles. The topological polar surface area (TPSA) is 97.0 Å². The van der Waals surface area contributed by atoms with Crippen molar-refractivity contribution in [3.8, 4) is 17.0 Å². The quantitative estimate of drug-likeness (QED) is 0.762. The van der Waals surface area contributed by atoms with Crippen molar-refractivity contribution in [3.05, 3.63) is 70.3 Å². The minimum Gasteiger partial charge on any atom is -0.481 e. The van der Waals surface area contributed by atoms with Crippen LogP contribution in [0.25, 0.3) is 11.1 Å². The highest BCUT2D eigenvalue weighted by molar-refractivity contribution is 6.03. The fraction of sp³-hybridized carbons (Fsp3) is 0.111. The zero-order valence-electron chi connectivity index (χ0n) is 13.7. The summed E-state index contributed by atoms with van der Waals surface area (Å²) in [6.45, 7) is 1.89. The summed E-state index contributed by atoms with van der Waals surface area (Å²) in [4.78, 5) is 27.5. The van der Waals surface area contributed by atoms with E-state index in [-0.39, 0.29) is 11.3 Å². The number of carbonyl (C=O) groups excluding carboxylic acids is 1. The Hall–Kier alpha value is -3.48. The molecule has 1 aromatic carbocycles. The molecule has 0 atom stereocenters. The van der Waals surface area contributed by atoms with E-state index >= 15 is 0 Å². The van der Waals surface area contributed by atoms with E-state index < -0.39 is 5.91 Å². The number of anilines is 1. The predicted molar refractivity (Wildman–Crippen MR) is 93.8 cm³/mol. The minimum atomic E-state index is -0.399. The summed E-state index contributed by atoms with van der Waals surface area (Å²) in [5.41, 5.74) is 3.15. The Morgan fingerprint density at radius 2 is 1.92 bits per heavy atom. The monoisotopic (exact) mass is 336 g/mol. The highest BCUT2D eigenvalue weighted by Crippen LogP contribution is 2.26. The first-order valence-corrected chi connectivity index (χ1v) is 7.55. The van der Waals surface area contributed by atoms with Crippen molar-refractivity contribution in [2.24, 2.45) is 0 Å². The molecule has 0 aliphatic carbocycles. The zero-order valence-corrected chi connectivity index (χ0v) is 13.7. The molecule has 0 bridgehead atoms. The van der Waals surface area contributed by atoms with Gasteiger partial charge in [-0.2, -0.15) is 5.10 Å². The van der Waals surface area contributed by atoms with Crippen molar-refractivity contribution in [1.29, 1.82) is 0 Å². The molecule has 0 unspecified atom stereocenters. The van der Waals surface area contributed by atoms with E-state index in [9.17, 15) is 9.59 Å². The van der Waals surface area contributed by atoms with Crippen molar-refractivity contribution < 1.29 is 9.53 Å². The maximum absolute atomic E-state index is 12.3. The van der Waals surface area contributed by atoms with Crippen LogP contribution in [0.4, 0.5) is 5.69 Å². The summed E-state index contributed by atoms with van der Waals surface area (Å²) in [6.07, 6.45) is 1.71. The molecule has 0 fully saturated rings. The smallest absolute Gasteiger partial charge is 0.276 e. The third kappa shape index (κ3) is 3.72. The van der Waals surface area contributed by atoms with Gasteiger partial charge in [-0.15, -0.1) is 0 Å². The van der Waals surface area contributed by atoms with Crippen LogP contribution in [0.5, 0.6) is 5.88 Å². The first-order chi connectivity index (χ1) is 12.1. The molecule has 3 aromatic rings. The molecule has 7 nitrogen and oxygen atoms in total. The number of ether oxygens (including phenoxy) is 1. The average molecular weight is 336 g/mol. The average Bonchev–Trinajstić information content (AvgIpc) is 2.64. The van der Waals surface area contributed by atoms with Crippen LogP contribution >= 0.6 is 0 Å². The van der Waals surface area contributed by atoms with E-state index in [1.807, 2.05) is 31.2 Å². The molecule has 3 rings (SSSR count). The number of aryl methyl sites for hydroxylation is 1. The molecule has 2 aromatic heterocycles. The second kappa shape index (κ2) is 6.96. The molecule has 0 aliphatic heterocycles. The fourth-order valence-electron chi connectivity index (χ4n) is 2.27. The Balaban J connectivity index is 1.87. The number of benzene rings is 1. The summed E-state index contributed by atoms with van der Waals surface area (Å²) in [7, 11) is 1.56. The summed E-state index contributed by atoms with van der Waals surface area (Å²) in [6, 6.07) is 12.0. The second-order valence-electron chi connectivity index (χ2n) is 5.38. The number of pyridine rings is 1. The van der Waals surface area contributed by atoms with Crippen molar-refractivity contribution in [2.45, 2.75) is 6.92 Å². The summed E-state index contributed by atoms with van der Waals surface area (Å²) in [5.74, 6) is 0.137. The zero-order chi connectivity index (χ0) is 17.8. The van der Waals surface area contributed by atoms with Crippen LogP contribution in [0.3, 0.4) is 0 Å². The van der Waals surface area contributed by atoms with Crippen LogP contribution in [-0.4, -0.2) is 28.2 Å². The Labute approximate surface area is 143 Å². The molecular formula is C18H16N4O3. The second-order valence-corrected chi connectivity index (χ2v) is 5.38. The van der Waals surface area contributed by atoms with Crippen LogP contribution in [0.15, 0.2) is 53.5 Å². The highest BCUT2D eigenvalue weighted by Gasteiger charge is 2.11. The number of amides is 1. The molecule has 0 spiro atoms. The van der Waals surface area contributed by atoms with Crippen LogP contribution in [0.2, 0.25) is 0 Å². The number of nitrogens with one attached hydrogen (secondary N) is 2. The van der Waals surface area contributed by atoms with Gasteiger partial charge in [-0.05, 0) is 36.2 Å². The summed E-state index contributed by atoms with van der Waals surface area (Å²) < 4.78 is 5.06. The first-order valence-electron chi connectivity index (χ1n) is 7.55. The maximum Gasteiger partial charge on any atom is 0.276 e. The van der Waals surface area contributed by atoms with Gasteiger partial charge >= 0.3 is 0 Å². The van der Waals surface area contributed by atoms with Crippen molar-refractivity contribution in [3.63, 3.8) is 0 Å². The van der Waals surface area contributed by atoms with Crippen LogP contribution in [-0.2, 0) is 0 Å². The maximum atomic E-state index is 12.3. The van der Waals surface area contributed by atoms with E-state index in [1.54, 1.807) is 19.4 Å². The Kier molecular flexibility index (Phi) is 4.56. The first kappa shape index (κ1) is 16.4. The Morgan fingerprint density at radius 3 is 2.56 bits per heavy atom. The molecule has 7 heteroatoms. The predicted octanol–water partition coefficient (Wildman–Crippen LogP) is 2.40. The third-order valence-corrected chi connectivity index (χ3v) is 3.68. The van der Waals surface area contributed by atoms with Crippen molar-refractivity contribution in [1.82, 2.24) is 15.2 Å². The fourth-order valence-corrected chi connectivity index (χ4v) is 2.27.